The maximum Gasteiger partial charge on any atom is 0.258 e. The van der Waals surface area contributed by atoms with Gasteiger partial charge in [-0.05, 0) is 26.8 Å². The van der Waals surface area contributed by atoms with Crippen LogP contribution >= 0.6 is 0 Å². The topological polar surface area (TPSA) is 54.5 Å². The number of anilines is 1. The lowest BCUT2D eigenvalue weighted by Gasteiger charge is -2.42. The highest BCUT2D eigenvalue weighted by atomic mass is 19.1. The molecule has 110 valence electrons. The summed E-state index contributed by atoms with van der Waals surface area (Å²) in [4.78, 5) is 18.4. The van der Waals surface area contributed by atoms with Gasteiger partial charge in [0.15, 0.2) is 0 Å². The molecule has 0 bridgehead atoms. The molecule has 1 amide bonds. The zero-order valence-corrected chi connectivity index (χ0v) is 12.1. The van der Waals surface area contributed by atoms with E-state index < -0.39 is 11.4 Å². The van der Waals surface area contributed by atoms with Crippen LogP contribution in [0.1, 0.15) is 31.1 Å². The fraction of sp³-hybridized carbons (Fsp3) is 0.571. The van der Waals surface area contributed by atoms with E-state index in [9.17, 15) is 9.18 Å². The Balaban J connectivity index is 2.34. The van der Waals surface area contributed by atoms with E-state index in [1.54, 1.807) is 4.90 Å². The van der Waals surface area contributed by atoms with Crippen LogP contribution in [0.3, 0.4) is 0 Å². The molecule has 1 aliphatic rings. The SMILES string of the molecule is CCNc1ncc(F)cc1C(=O)N1CCOCC1(C)C. The van der Waals surface area contributed by atoms with Gasteiger partial charge in [0, 0.05) is 13.1 Å². The summed E-state index contributed by atoms with van der Waals surface area (Å²) in [5.74, 6) is -0.316. The molecule has 2 heterocycles. The van der Waals surface area contributed by atoms with Crippen molar-refractivity contribution in [3.05, 3.63) is 23.6 Å². The first-order chi connectivity index (χ1) is 9.45. The lowest BCUT2D eigenvalue weighted by molar-refractivity contribution is -0.0370. The van der Waals surface area contributed by atoms with Gasteiger partial charge in [0.2, 0.25) is 0 Å². The van der Waals surface area contributed by atoms with Gasteiger partial charge in [-0.25, -0.2) is 9.37 Å². The van der Waals surface area contributed by atoms with Crippen molar-refractivity contribution in [1.82, 2.24) is 9.88 Å². The zero-order chi connectivity index (χ0) is 14.8. The molecule has 0 radical (unpaired) electrons. The Labute approximate surface area is 118 Å². The molecule has 0 saturated carbocycles. The van der Waals surface area contributed by atoms with Crippen LogP contribution in [0.25, 0.3) is 0 Å². The third kappa shape index (κ3) is 2.90. The van der Waals surface area contributed by atoms with Gasteiger partial charge in [-0.3, -0.25) is 4.79 Å². The van der Waals surface area contributed by atoms with Gasteiger partial charge in [-0.2, -0.15) is 0 Å². The normalized spacial score (nSPS) is 17.9. The van der Waals surface area contributed by atoms with E-state index in [0.717, 1.165) is 6.20 Å². The van der Waals surface area contributed by atoms with Crippen molar-refractivity contribution in [3.8, 4) is 0 Å². The third-order valence-electron chi connectivity index (χ3n) is 3.32. The molecular formula is C14H20FN3O2. The van der Waals surface area contributed by atoms with Gasteiger partial charge in [-0.1, -0.05) is 0 Å². The van der Waals surface area contributed by atoms with E-state index in [-0.39, 0.29) is 11.5 Å². The third-order valence-corrected chi connectivity index (χ3v) is 3.32. The second kappa shape index (κ2) is 5.75. The maximum absolute atomic E-state index is 13.4. The van der Waals surface area contributed by atoms with Crippen LogP contribution in [0.15, 0.2) is 12.3 Å². The first-order valence-corrected chi connectivity index (χ1v) is 6.75. The van der Waals surface area contributed by atoms with Crippen molar-refractivity contribution in [2.24, 2.45) is 0 Å². The molecule has 0 unspecified atom stereocenters. The number of pyridine rings is 1. The molecule has 1 aliphatic heterocycles. The van der Waals surface area contributed by atoms with E-state index in [4.69, 9.17) is 4.74 Å². The Bertz CT molecular complexity index is 505. The molecule has 6 heteroatoms. The Hall–Kier alpha value is -1.69. The van der Waals surface area contributed by atoms with Crippen molar-refractivity contribution in [2.75, 3.05) is 31.6 Å². The van der Waals surface area contributed by atoms with Crippen LogP contribution < -0.4 is 5.32 Å². The van der Waals surface area contributed by atoms with Gasteiger partial charge < -0.3 is 15.0 Å². The molecule has 1 fully saturated rings. The Morgan fingerprint density at radius 3 is 3.00 bits per heavy atom. The highest BCUT2D eigenvalue weighted by molar-refractivity contribution is 5.99. The molecule has 5 nitrogen and oxygen atoms in total. The molecule has 1 N–H and O–H groups in total. The summed E-state index contributed by atoms with van der Waals surface area (Å²) in [7, 11) is 0. The fourth-order valence-corrected chi connectivity index (χ4v) is 2.29. The molecule has 0 atom stereocenters. The maximum atomic E-state index is 13.4. The number of ether oxygens (including phenoxy) is 1. The number of halogens is 1. The molecular weight excluding hydrogens is 261 g/mol. The summed E-state index contributed by atoms with van der Waals surface area (Å²) >= 11 is 0. The summed E-state index contributed by atoms with van der Waals surface area (Å²) in [6, 6.07) is 1.23. The van der Waals surface area contributed by atoms with E-state index in [1.807, 2.05) is 20.8 Å². The lowest BCUT2D eigenvalue weighted by Crippen LogP contribution is -2.55. The van der Waals surface area contributed by atoms with Crippen molar-refractivity contribution >= 4 is 11.7 Å². The van der Waals surface area contributed by atoms with E-state index in [0.29, 0.717) is 32.1 Å². The molecule has 2 rings (SSSR count). The fourth-order valence-electron chi connectivity index (χ4n) is 2.29. The van der Waals surface area contributed by atoms with Gasteiger partial charge in [-0.15, -0.1) is 0 Å². The molecule has 1 aromatic rings. The number of nitrogens with one attached hydrogen (secondary N) is 1. The minimum Gasteiger partial charge on any atom is -0.377 e. The van der Waals surface area contributed by atoms with Crippen molar-refractivity contribution in [2.45, 2.75) is 26.3 Å². The lowest BCUT2D eigenvalue weighted by atomic mass is 10.0. The Kier molecular flexibility index (Phi) is 4.23. The summed E-state index contributed by atoms with van der Waals surface area (Å²) in [6.07, 6.45) is 1.11. The van der Waals surface area contributed by atoms with Crippen LogP contribution in [0.2, 0.25) is 0 Å². The number of aromatic nitrogens is 1. The summed E-state index contributed by atoms with van der Waals surface area (Å²) in [5.41, 5.74) is -0.146. The second-order valence-electron chi connectivity index (χ2n) is 5.40. The van der Waals surface area contributed by atoms with Crippen LogP contribution in [-0.4, -0.2) is 47.6 Å². The largest absolute Gasteiger partial charge is 0.377 e. The number of nitrogens with zero attached hydrogens (tertiary/aromatic N) is 2. The molecule has 0 spiro atoms. The average molecular weight is 281 g/mol. The number of morpholine rings is 1. The monoisotopic (exact) mass is 281 g/mol. The van der Waals surface area contributed by atoms with Gasteiger partial charge in [0.1, 0.15) is 11.6 Å². The zero-order valence-electron chi connectivity index (χ0n) is 12.1. The number of hydrogen-bond acceptors (Lipinski definition) is 4. The average Bonchev–Trinajstić information content (AvgIpc) is 2.40. The van der Waals surface area contributed by atoms with E-state index in [1.165, 1.54) is 6.07 Å². The molecule has 20 heavy (non-hydrogen) atoms. The number of hydrogen-bond donors (Lipinski definition) is 1. The van der Waals surface area contributed by atoms with Gasteiger partial charge in [0.05, 0.1) is 30.5 Å². The highest BCUT2D eigenvalue weighted by Crippen LogP contribution is 2.24. The van der Waals surface area contributed by atoms with Crippen LogP contribution in [0.5, 0.6) is 0 Å². The predicted octanol–water partition coefficient (Wildman–Crippen LogP) is 1.90. The quantitative estimate of drug-likeness (QED) is 0.919. The second-order valence-corrected chi connectivity index (χ2v) is 5.40. The van der Waals surface area contributed by atoms with Crippen molar-refractivity contribution in [1.29, 1.82) is 0 Å². The summed E-state index contributed by atoms with van der Waals surface area (Å²) in [6.45, 7) is 7.84. The van der Waals surface area contributed by atoms with Crippen molar-refractivity contribution < 1.29 is 13.9 Å². The predicted molar refractivity (Wildman–Crippen MR) is 74.3 cm³/mol. The number of rotatable bonds is 3. The minimum atomic E-state index is -0.513. The molecule has 0 aromatic carbocycles. The van der Waals surface area contributed by atoms with Crippen LogP contribution in [0.4, 0.5) is 10.2 Å². The molecule has 1 saturated heterocycles. The highest BCUT2D eigenvalue weighted by Gasteiger charge is 2.35. The number of amides is 1. The van der Waals surface area contributed by atoms with Gasteiger partial charge in [0.25, 0.3) is 5.91 Å². The summed E-state index contributed by atoms with van der Waals surface area (Å²) in [5, 5.41) is 2.99. The Morgan fingerprint density at radius 2 is 2.35 bits per heavy atom. The summed E-state index contributed by atoms with van der Waals surface area (Å²) < 4.78 is 18.8. The first-order valence-electron chi connectivity index (χ1n) is 6.75. The number of carbonyl (C=O) groups is 1. The smallest absolute Gasteiger partial charge is 0.258 e. The standard InChI is InChI=1S/C14H20FN3O2/c1-4-16-12-11(7-10(15)8-17-12)13(19)18-5-6-20-9-14(18,2)3/h7-8H,4-6,9H2,1-3H3,(H,16,17). The molecule has 0 aliphatic carbocycles. The van der Waals surface area contributed by atoms with Crippen LogP contribution in [-0.2, 0) is 4.74 Å². The first kappa shape index (κ1) is 14.7. The van der Waals surface area contributed by atoms with Gasteiger partial charge >= 0.3 is 0 Å². The Morgan fingerprint density at radius 1 is 1.60 bits per heavy atom. The van der Waals surface area contributed by atoms with E-state index in [2.05, 4.69) is 10.3 Å². The minimum absolute atomic E-state index is 0.221. The molecule has 1 aromatic heterocycles. The van der Waals surface area contributed by atoms with E-state index >= 15 is 0 Å². The van der Waals surface area contributed by atoms with Crippen LogP contribution in [0, 0.1) is 5.82 Å². The van der Waals surface area contributed by atoms with Crippen molar-refractivity contribution in [3.63, 3.8) is 0 Å². The number of carbonyl (C=O) groups excluding carboxylic acids is 1.